The minimum atomic E-state index is -0.904. The van der Waals surface area contributed by atoms with Crippen molar-refractivity contribution in [1.82, 2.24) is 4.90 Å². The molecule has 1 aromatic rings. The van der Waals surface area contributed by atoms with Crippen LogP contribution in [0.4, 0.5) is 0 Å². The van der Waals surface area contributed by atoms with Crippen LogP contribution in [0.3, 0.4) is 0 Å². The van der Waals surface area contributed by atoms with Crippen molar-refractivity contribution < 1.29 is 9.90 Å². The van der Waals surface area contributed by atoms with Crippen LogP contribution in [0, 0.1) is 12.8 Å². The Morgan fingerprint density at radius 2 is 2.00 bits per heavy atom. The van der Waals surface area contributed by atoms with E-state index in [1.807, 2.05) is 38.1 Å². The lowest BCUT2D eigenvalue weighted by atomic mass is 9.89. The van der Waals surface area contributed by atoms with Crippen LogP contribution >= 0.6 is 0 Å². The van der Waals surface area contributed by atoms with Gasteiger partial charge in [0, 0.05) is 6.54 Å². The normalized spacial score (nSPS) is 23.8. The summed E-state index contributed by atoms with van der Waals surface area (Å²) < 4.78 is 0. The standard InChI is InChI=1S/C15H21NO2/c1-11-4-6-13(7-5-11)15(3,14(17)18)16-9-8-12(2)10-16/h4-7,12H,8-10H2,1-3H3,(H,17,18). The molecule has 18 heavy (non-hydrogen) atoms. The summed E-state index contributed by atoms with van der Waals surface area (Å²) in [5.41, 5.74) is 1.12. The van der Waals surface area contributed by atoms with Gasteiger partial charge in [0.1, 0.15) is 5.54 Å². The zero-order valence-electron chi connectivity index (χ0n) is 11.3. The Labute approximate surface area is 108 Å². The van der Waals surface area contributed by atoms with E-state index in [0.717, 1.165) is 30.6 Å². The molecule has 1 saturated heterocycles. The molecule has 0 saturated carbocycles. The van der Waals surface area contributed by atoms with Crippen molar-refractivity contribution in [3.05, 3.63) is 35.4 Å². The molecule has 1 aromatic carbocycles. The molecular weight excluding hydrogens is 226 g/mol. The maximum atomic E-state index is 11.8. The Kier molecular flexibility index (Phi) is 3.44. The highest BCUT2D eigenvalue weighted by Gasteiger charge is 2.43. The Bertz CT molecular complexity index is 440. The molecule has 1 N–H and O–H groups in total. The number of carbonyl (C=O) groups is 1. The summed E-state index contributed by atoms with van der Waals surface area (Å²) in [5, 5.41) is 9.66. The maximum absolute atomic E-state index is 11.8. The monoisotopic (exact) mass is 247 g/mol. The lowest BCUT2D eigenvalue weighted by Gasteiger charge is -2.35. The Balaban J connectivity index is 2.37. The first-order chi connectivity index (χ1) is 8.44. The summed E-state index contributed by atoms with van der Waals surface area (Å²) in [4.78, 5) is 13.8. The number of aliphatic carboxylic acids is 1. The molecule has 2 rings (SSSR count). The van der Waals surface area contributed by atoms with Crippen molar-refractivity contribution >= 4 is 5.97 Å². The fourth-order valence-electron chi connectivity index (χ4n) is 2.66. The summed E-state index contributed by atoms with van der Waals surface area (Å²) in [5.74, 6) is -0.186. The van der Waals surface area contributed by atoms with Crippen molar-refractivity contribution in [3.63, 3.8) is 0 Å². The zero-order valence-corrected chi connectivity index (χ0v) is 11.3. The van der Waals surface area contributed by atoms with Gasteiger partial charge in [0.2, 0.25) is 0 Å². The number of carboxylic acid groups (broad SMARTS) is 1. The van der Waals surface area contributed by atoms with Crippen molar-refractivity contribution in [1.29, 1.82) is 0 Å². The quantitative estimate of drug-likeness (QED) is 0.892. The van der Waals surface area contributed by atoms with Gasteiger partial charge < -0.3 is 5.11 Å². The molecule has 0 bridgehead atoms. The van der Waals surface area contributed by atoms with Crippen LogP contribution in [0.15, 0.2) is 24.3 Å². The summed E-state index contributed by atoms with van der Waals surface area (Å²) >= 11 is 0. The molecule has 0 spiro atoms. The molecule has 1 heterocycles. The van der Waals surface area contributed by atoms with Gasteiger partial charge in [-0.25, -0.2) is 4.79 Å². The van der Waals surface area contributed by atoms with Crippen LogP contribution in [0.1, 0.15) is 31.4 Å². The largest absolute Gasteiger partial charge is 0.480 e. The molecule has 98 valence electrons. The zero-order chi connectivity index (χ0) is 13.3. The third kappa shape index (κ3) is 2.15. The summed E-state index contributed by atoms with van der Waals surface area (Å²) in [7, 11) is 0. The second-order valence-electron chi connectivity index (χ2n) is 5.58. The highest BCUT2D eigenvalue weighted by Crippen LogP contribution is 2.33. The molecule has 0 radical (unpaired) electrons. The minimum absolute atomic E-state index is 0.578. The first-order valence-corrected chi connectivity index (χ1v) is 6.50. The number of likely N-dealkylation sites (tertiary alicyclic amines) is 1. The average molecular weight is 247 g/mol. The molecule has 1 aliphatic heterocycles. The van der Waals surface area contributed by atoms with Gasteiger partial charge in [-0.1, -0.05) is 36.8 Å². The first kappa shape index (κ1) is 13.1. The van der Waals surface area contributed by atoms with Crippen LogP contribution in [0.25, 0.3) is 0 Å². The first-order valence-electron chi connectivity index (χ1n) is 6.50. The van der Waals surface area contributed by atoms with Gasteiger partial charge in [0.05, 0.1) is 0 Å². The molecule has 2 unspecified atom stereocenters. The molecule has 1 aliphatic rings. The van der Waals surface area contributed by atoms with Gasteiger partial charge in [0.15, 0.2) is 0 Å². The van der Waals surface area contributed by atoms with E-state index >= 15 is 0 Å². The highest BCUT2D eigenvalue weighted by atomic mass is 16.4. The predicted octanol–water partition coefficient (Wildman–Crippen LogP) is 2.64. The molecule has 0 aliphatic carbocycles. The smallest absolute Gasteiger partial charge is 0.328 e. The van der Waals surface area contributed by atoms with Crippen molar-refractivity contribution in [3.8, 4) is 0 Å². The fourth-order valence-corrected chi connectivity index (χ4v) is 2.66. The molecular formula is C15H21NO2. The van der Waals surface area contributed by atoms with Crippen molar-refractivity contribution in [2.45, 2.75) is 32.7 Å². The van der Waals surface area contributed by atoms with Gasteiger partial charge in [-0.2, -0.15) is 0 Å². The average Bonchev–Trinajstić information content (AvgIpc) is 2.76. The topological polar surface area (TPSA) is 40.5 Å². The summed E-state index contributed by atoms with van der Waals surface area (Å²) in [6.07, 6.45) is 1.08. The number of aryl methyl sites for hydroxylation is 1. The van der Waals surface area contributed by atoms with Gasteiger partial charge in [-0.3, -0.25) is 4.90 Å². The van der Waals surface area contributed by atoms with Crippen LogP contribution < -0.4 is 0 Å². The van der Waals surface area contributed by atoms with Crippen molar-refractivity contribution in [2.75, 3.05) is 13.1 Å². The third-order valence-corrected chi connectivity index (χ3v) is 4.09. The predicted molar refractivity (Wildman–Crippen MR) is 71.5 cm³/mol. The fraction of sp³-hybridized carbons (Fsp3) is 0.533. The lowest BCUT2D eigenvalue weighted by Crippen LogP contribution is -2.48. The summed E-state index contributed by atoms with van der Waals surface area (Å²) in [6, 6.07) is 7.84. The Morgan fingerprint density at radius 3 is 2.44 bits per heavy atom. The van der Waals surface area contributed by atoms with Crippen LogP contribution in [0.2, 0.25) is 0 Å². The molecule has 1 fully saturated rings. The SMILES string of the molecule is Cc1ccc(C(C)(C(=O)O)N2CCC(C)C2)cc1. The van der Waals surface area contributed by atoms with Crippen molar-refractivity contribution in [2.24, 2.45) is 5.92 Å². The minimum Gasteiger partial charge on any atom is -0.480 e. The Hall–Kier alpha value is -1.35. The number of hydrogen-bond donors (Lipinski definition) is 1. The van der Waals surface area contributed by atoms with E-state index in [0.29, 0.717) is 5.92 Å². The van der Waals surface area contributed by atoms with Gasteiger partial charge in [-0.05, 0) is 38.3 Å². The number of nitrogens with zero attached hydrogens (tertiary/aromatic N) is 1. The van der Waals surface area contributed by atoms with Crippen LogP contribution in [-0.2, 0) is 10.3 Å². The highest BCUT2D eigenvalue weighted by molar-refractivity contribution is 5.80. The number of rotatable bonds is 3. The maximum Gasteiger partial charge on any atom is 0.328 e. The number of hydrogen-bond acceptors (Lipinski definition) is 2. The van der Waals surface area contributed by atoms with Crippen LogP contribution in [-0.4, -0.2) is 29.1 Å². The van der Waals surface area contributed by atoms with E-state index < -0.39 is 11.5 Å². The van der Waals surface area contributed by atoms with Gasteiger partial charge in [-0.15, -0.1) is 0 Å². The van der Waals surface area contributed by atoms with Gasteiger partial charge in [0.25, 0.3) is 0 Å². The molecule has 3 heteroatoms. The van der Waals surface area contributed by atoms with E-state index in [-0.39, 0.29) is 0 Å². The van der Waals surface area contributed by atoms with E-state index in [1.165, 1.54) is 0 Å². The molecule has 3 nitrogen and oxygen atoms in total. The van der Waals surface area contributed by atoms with Gasteiger partial charge >= 0.3 is 5.97 Å². The third-order valence-electron chi connectivity index (χ3n) is 4.09. The molecule has 2 atom stereocenters. The van der Waals surface area contributed by atoms with E-state index in [4.69, 9.17) is 0 Å². The van der Waals surface area contributed by atoms with E-state index in [1.54, 1.807) is 0 Å². The summed E-state index contributed by atoms with van der Waals surface area (Å²) in [6.45, 7) is 7.73. The van der Waals surface area contributed by atoms with E-state index in [9.17, 15) is 9.90 Å². The second-order valence-corrected chi connectivity index (χ2v) is 5.58. The Morgan fingerprint density at radius 1 is 1.39 bits per heavy atom. The second kappa shape index (κ2) is 4.73. The van der Waals surface area contributed by atoms with E-state index in [2.05, 4.69) is 11.8 Å². The molecule has 0 aromatic heterocycles. The number of carboxylic acids is 1. The number of benzene rings is 1. The lowest BCUT2D eigenvalue weighted by molar-refractivity contribution is -0.150. The van der Waals surface area contributed by atoms with Crippen LogP contribution in [0.5, 0.6) is 0 Å². The molecule has 0 amide bonds.